The van der Waals surface area contributed by atoms with E-state index in [4.69, 9.17) is 0 Å². The first-order valence-electron chi connectivity index (χ1n) is 5.59. The maximum Gasteiger partial charge on any atom is 0.272 e. The summed E-state index contributed by atoms with van der Waals surface area (Å²) < 4.78 is 29.0. The van der Waals surface area contributed by atoms with Crippen LogP contribution in [-0.4, -0.2) is 13.4 Å². The van der Waals surface area contributed by atoms with Crippen LogP contribution in [0.2, 0.25) is 0 Å². The lowest BCUT2D eigenvalue weighted by Crippen LogP contribution is -2.11. The van der Waals surface area contributed by atoms with E-state index in [2.05, 4.69) is 25.6 Å². The summed E-state index contributed by atoms with van der Waals surface area (Å²) in [5.74, 6) is 0. The topological polar surface area (TPSA) is 59.1 Å². The lowest BCUT2D eigenvalue weighted by molar-refractivity contribution is 0.603. The second kappa shape index (κ2) is 5.10. The number of thiophene rings is 1. The summed E-state index contributed by atoms with van der Waals surface area (Å²) >= 11 is 5.96. The number of aryl methyl sites for hydroxylation is 1. The standard InChI is InChI=1S/C12H9BrN2O2S3/c1-7-14-10-3-2-8(6-11(10)19-7)15-20(16,17)12-9(13)4-5-18-12/h2-6,15H,1H3. The molecule has 3 aromatic rings. The van der Waals surface area contributed by atoms with Crippen molar-refractivity contribution in [2.75, 3.05) is 4.72 Å². The third kappa shape index (κ3) is 2.60. The molecule has 0 aliphatic rings. The molecule has 0 spiro atoms. The van der Waals surface area contributed by atoms with Gasteiger partial charge in [0.1, 0.15) is 0 Å². The van der Waals surface area contributed by atoms with Crippen LogP contribution >= 0.6 is 38.6 Å². The Labute approximate surface area is 132 Å². The third-order valence-corrected chi connectivity index (χ3v) is 7.56. The maximum atomic E-state index is 12.3. The zero-order valence-corrected chi connectivity index (χ0v) is 14.3. The van der Waals surface area contributed by atoms with Crippen LogP contribution in [0.4, 0.5) is 5.69 Å². The maximum absolute atomic E-state index is 12.3. The fourth-order valence-electron chi connectivity index (χ4n) is 1.78. The summed E-state index contributed by atoms with van der Waals surface area (Å²) in [7, 11) is -3.56. The summed E-state index contributed by atoms with van der Waals surface area (Å²) in [6, 6.07) is 7.06. The van der Waals surface area contributed by atoms with E-state index >= 15 is 0 Å². The molecule has 1 aromatic carbocycles. The van der Waals surface area contributed by atoms with Crippen LogP contribution in [0.1, 0.15) is 5.01 Å². The van der Waals surface area contributed by atoms with Crippen LogP contribution in [0, 0.1) is 6.92 Å². The molecule has 0 atom stereocenters. The van der Waals surface area contributed by atoms with E-state index in [-0.39, 0.29) is 4.21 Å². The van der Waals surface area contributed by atoms with Crippen molar-refractivity contribution in [3.05, 3.63) is 39.1 Å². The molecule has 20 heavy (non-hydrogen) atoms. The van der Waals surface area contributed by atoms with Gasteiger partial charge in [0.15, 0.2) is 4.21 Å². The molecule has 8 heteroatoms. The van der Waals surface area contributed by atoms with Crippen molar-refractivity contribution in [3.8, 4) is 0 Å². The third-order valence-electron chi connectivity index (χ3n) is 2.58. The van der Waals surface area contributed by atoms with Crippen LogP contribution in [0.15, 0.2) is 38.3 Å². The molecule has 0 aliphatic carbocycles. The van der Waals surface area contributed by atoms with Gasteiger partial charge in [-0.25, -0.2) is 13.4 Å². The predicted octanol–water partition coefficient (Wildman–Crippen LogP) is 4.23. The van der Waals surface area contributed by atoms with Gasteiger partial charge in [-0.05, 0) is 52.5 Å². The molecule has 2 heterocycles. The fourth-order valence-corrected chi connectivity index (χ4v) is 6.03. The Morgan fingerprint density at radius 3 is 2.80 bits per heavy atom. The second-order valence-electron chi connectivity index (χ2n) is 4.08. The molecule has 0 saturated carbocycles. The summed E-state index contributed by atoms with van der Waals surface area (Å²) in [6.45, 7) is 1.93. The van der Waals surface area contributed by atoms with Gasteiger partial charge in [0.05, 0.1) is 20.9 Å². The van der Waals surface area contributed by atoms with E-state index in [1.807, 2.05) is 13.0 Å². The average molecular weight is 389 g/mol. The average Bonchev–Trinajstić information content (AvgIpc) is 2.93. The first-order valence-corrected chi connectivity index (χ1v) is 9.56. The molecule has 4 nitrogen and oxygen atoms in total. The number of thiazole rings is 1. The van der Waals surface area contributed by atoms with E-state index in [0.717, 1.165) is 15.2 Å². The van der Waals surface area contributed by atoms with Crippen molar-refractivity contribution >= 4 is 64.5 Å². The summed E-state index contributed by atoms with van der Waals surface area (Å²) in [5.41, 5.74) is 1.43. The number of anilines is 1. The van der Waals surface area contributed by atoms with Gasteiger partial charge in [0.2, 0.25) is 0 Å². The number of benzene rings is 1. The van der Waals surface area contributed by atoms with E-state index < -0.39 is 10.0 Å². The van der Waals surface area contributed by atoms with Gasteiger partial charge >= 0.3 is 0 Å². The molecule has 0 unspecified atom stereocenters. The van der Waals surface area contributed by atoms with Gasteiger partial charge < -0.3 is 0 Å². The minimum Gasteiger partial charge on any atom is -0.279 e. The number of hydrogen-bond donors (Lipinski definition) is 1. The van der Waals surface area contributed by atoms with E-state index in [9.17, 15) is 8.42 Å². The number of nitrogens with one attached hydrogen (secondary N) is 1. The molecule has 0 saturated heterocycles. The van der Waals surface area contributed by atoms with Crippen LogP contribution in [0.25, 0.3) is 10.2 Å². The van der Waals surface area contributed by atoms with Crippen LogP contribution in [0.3, 0.4) is 0 Å². The molecule has 0 bridgehead atoms. The predicted molar refractivity (Wildman–Crippen MR) is 87.2 cm³/mol. The summed E-state index contributed by atoms with van der Waals surface area (Å²) in [4.78, 5) is 4.35. The van der Waals surface area contributed by atoms with Crippen molar-refractivity contribution in [3.63, 3.8) is 0 Å². The Balaban J connectivity index is 1.98. The van der Waals surface area contributed by atoms with Crippen LogP contribution in [0.5, 0.6) is 0 Å². The summed E-state index contributed by atoms with van der Waals surface area (Å²) in [6.07, 6.45) is 0. The van der Waals surface area contributed by atoms with Gasteiger partial charge in [0, 0.05) is 4.47 Å². The minimum atomic E-state index is -3.56. The number of hydrogen-bond acceptors (Lipinski definition) is 5. The molecule has 3 rings (SSSR count). The first kappa shape index (κ1) is 14.0. The highest BCUT2D eigenvalue weighted by Crippen LogP contribution is 2.30. The normalized spacial score (nSPS) is 11.9. The van der Waals surface area contributed by atoms with Crippen LogP contribution < -0.4 is 4.72 Å². The fraction of sp³-hybridized carbons (Fsp3) is 0.0833. The minimum absolute atomic E-state index is 0.276. The molecular weight excluding hydrogens is 380 g/mol. The van der Waals surface area contributed by atoms with Crippen molar-refractivity contribution < 1.29 is 8.42 Å². The van der Waals surface area contributed by atoms with E-state index in [0.29, 0.717) is 10.2 Å². The number of aromatic nitrogens is 1. The highest BCUT2D eigenvalue weighted by molar-refractivity contribution is 9.10. The zero-order chi connectivity index (χ0) is 14.3. The molecule has 0 amide bonds. The van der Waals surface area contributed by atoms with Gasteiger partial charge in [-0.15, -0.1) is 22.7 Å². The van der Waals surface area contributed by atoms with E-state index in [1.165, 1.54) is 11.3 Å². The van der Waals surface area contributed by atoms with Crippen molar-refractivity contribution in [2.45, 2.75) is 11.1 Å². The lowest BCUT2D eigenvalue weighted by Gasteiger charge is -2.06. The largest absolute Gasteiger partial charge is 0.279 e. The van der Waals surface area contributed by atoms with Gasteiger partial charge in [-0.2, -0.15) is 0 Å². The van der Waals surface area contributed by atoms with Gasteiger partial charge in [-0.3, -0.25) is 4.72 Å². The molecule has 0 radical (unpaired) electrons. The first-order chi connectivity index (χ1) is 9.45. The van der Waals surface area contributed by atoms with Crippen molar-refractivity contribution in [1.82, 2.24) is 4.98 Å². The highest BCUT2D eigenvalue weighted by Gasteiger charge is 2.19. The Morgan fingerprint density at radius 2 is 2.10 bits per heavy atom. The molecule has 104 valence electrons. The Hall–Kier alpha value is -0.960. The Kier molecular flexibility index (Phi) is 3.57. The second-order valence-corrected chi connectivity index (χ2v) is 8.96. The Bertz CT molecular complexity index is 883. The zero-order valence-electron chi connectivity index (χ0n) is 10.3. The van der Waals surface area contributed by atoms with Crippen molar-refractivity contribution in [2.24, 2.45) is 0 Å². The van der Waals surface area contributed by atoms with Crippen LogP contribution in [-0.2, 0) is 10.0 Å². The number of sulfonamides is 1. The summed E-state index contributed by atoms with van der Waals surface area (Å²) in [5, 5.41) is 2.69. The number of nitrogens with zero attached hydrogens (tertiary/aromatic N) is 1. The lowest BCUT2D eigenvalue weighted by atomic mass is 10.3. The molecule has 0 aliphatic heterocycles. The number of fused-ring (bicyclic) bond motifs is 1. The quantitative estimate of drug-likeness (QED) is 0.729. The van der Waals surface area contributed by atoms with Crippen molar-refractivity contribution in [1.29, 1.82) is 0 Å². The van der Waals surface area contributed by atoms with E-state index in [1.54, 1.807) is 34.9 Å². The number of rotatable bonds is 3. The molecule has 2 aromatic heterocycles. The SMILES string of the molecule is Cc1nc2ccc(NS(=O)(=O)c3sccc3Br)cc2s1. The monoisotopic (exact) mass is 388 g/mol. The number of halogens is 1. The van der Waals surface area contributed by atoms with Gasteiger partial charge in [-0.1, -0.05) is 0 Å². The van der Waals surface area contributed by atoms with Gasteiger partial charge in [0.25, 0.3) is 10.0 Å². The Morgan fingerprint density at radius 1 is 1.30 bits per heavy atom. The molecule has 0 fully saturated rings. The molecular formula is C12H9BrN2O2S3. The smallest absolute Gasteiger partial charge is 0.272 e. The highest BCUT2D eigenvalue weighted by atomic mass is 79.9. The molecule has 1 N–H and O–H groups in total.